The molecule has 0 saturated carbocycles. The highest BCUT2D eigenvalue weighted by atomic mass is 16.6. The fourth-order valence-electron chi connectivity index (χ4n) is 7.63. The normalized spacial score (nSPS) is 17.9. The van der Waals surface area contributed by atoms with Gasteiger partial charge in [-0.25, -0.2) is 5.43 Å². The number of benzene rings is 2. The molecule has 384 valence electrons. The zero-order chi connectivity index (χ0) is 49.9. The van der Waals surface area contributed by atoms with Crippen LogP contribution in [0.3, 0.4) is 0 Å². The summed E-state index contributed by atoms with van der Waals surface area (Å²) in [5.74, 6) is -1.85. The minimum Gasteiger partial charge on any atom is -0.382 e. The first kappa shape index (κ1) is 56.8. The van der Waals surface area contributed by atoms with Gasteiger partial charge in [-0.3, -0.25) is 28.9 Å². The number of ether oxygens (including phenoxy) is 6. The van der Waals surface area contributed by atoms with E-state index in [1.165, 1.54) is 0 Å². The first-order chi connectivity index (χ1) is 33.3. The van der Waals surface area contributed by atoms with E-state index in [4.69, 9.17) is 28.4 Å². The molecule has 18 nitrogen and oxygen atoms in total. The van der Waals surface area contributed by atoms with E-state index in [1.54, 1.807) is 7.11 Å². The lowest BCUT2D eigenvalue weighted by Crippen LogP contribution is -2.59. The fourth-order valence-corrected chi connectivity index (χ4v) is 7.63. The maximum atomic E-state index is 14.6. The molecule has 0 aromatic heterocycles. The molecule has 2 aromatic rings. The monoisotopic (exact) mass is 966 g/mol. The summed E-state index contributed by atoms with van der Waals surface area (Å²) in [6, 6.07) is 15.4. The summed E-state index contributed by atoms with van der Waals surface area (Å²) >= 11 is 0. The van der Waals surface area contributed by atoms with Gasteiger partial charge < -0.3 is 49.7 Å². The van der Waals surface area contributed by atoms with Crippen LogP contribution in [-0.2, 0) is 65.2 Å². The van der Waals surface area contributed by atoms with Crippen LogP contribution in [0.25, 0.3) is 0 Å². The van der Waals surface area contributed by atoms with Gasteiger partial charge in [0.2, 0.25) is 29.5 Å². The first-order valence-electron chi connectivity index (χ1n) is 24.6. The Labute approximate surface area is 409 Å². The Kier molecular flexibility index (Phi) is 25.8. The summed E-state index contributed by atoms with van der Waals surface area (Å²) in [4.78, 5) is 71.7. The highest BCUT2D eigenvalue weighted by Gasteiger charge is 2.49. The highest BCUT2D eigenvalue weighted by Crippen LogP contribution is 2.31. The average Bonchev–Trinajstić information content (AvgIpc) is 4.08. The van der Waals surface area contributed by atoms with E-state index < -0.39 is 47.5 Å². The Morgan fingerprint density at radius 1 is 0.652 bits per heavy atom. The van der Waals surface area contributed by atoms with Crippen molar-refractivity contribution in [2.24, 2.45) is 16.9 Å². The van der Waals surface area contributed by atoms with Crippen LogP contribution in [0.5, 0.6) is 0 Å². The number of amides is 5. The van der Waals surface area contributed by atoms with Crippen molar-refractivity contribution < 1.29 is 52.4 Å². The second-order valence-corrected chi connectivity index (χ2v) is 18.6. The van der Waals surface area contributed by atoms with Crippen LogP contribution >= 0.6 is 0 Å². The molecule has 0 bridgehead atoms. The van der Waals surface area contributed by atoms with Crippen molar-refractivity contribution in [3.05, 3.63) is 71.8 Å². The zero-order valence-corrected chi connectivity index (χ0v) is 41.8. The van der Waals surface area contributed by atoms with Gasteiger partial charge in [0.25, 0.3) is 0 Å². The van der Waals surface area contributed by atoms with Crippen LogP contribution in [0, 0.1) is 11.8 Å². The summed E-state index contributed by atoms with van der Waals surface area (Å²) in [6.07, 6.45) is 2.40. The number of nitrogens with zero attached hydrogens (tertiary/aromatic N) is 2. The Morgan fingerprint density at radius 3 is 1.77 bits per heavy atom. The van der Waals surface area contributed by atoms with E-state index in [1.807, 2.05) is 100 Å². The Hall–Kier alpha value is -4.82. The molecule has 2 saturated heterocycles. The minimum atomic E-state index is -1.07. The van der Waals surface area contributed by atoms with Gasteiger partial charge in [-0.1, -0.05) is 88.4 Å². The number of nitrogens with one attached hydrogen (secondary N) is 5. The predicted molar refractivity (Wildman–Crippen MR) is 262 cm³/mol. The lowest BCUT2D eigenvalue weighted by atomic mass is 9.92. The van der Waals surface area contributed by atoms with Gasteiger partial charge in [-0.05, 0) is 62.0 Å². The van der Waals surface area contributed by atoms with Gasteiger partial charge in [0.15, 0.2) is 0 Å². The third-order valence-electron chi connectivity index (χ3n) is 11.7. The lowest BCUT2D eigenvalue weighted by molar-refractivity contribution is -0.134. The first-order valence-corrected chi connectivity index (χ1v) is 24.6. The summed E-state index contributed by atoms with van der Waals surface area (Å²) in [6.45, 7) is 15.4. The van der Waals surface area contributed by atoms with Gasteiger partial charge in [0.05, 0.1) is 90.8 Å². The number of rotatable bonds is 34. The van der Waals surface area contributed by atoms with Crippen LogP contribution in [0.15, 0.2) is 65.8 Å². The van der Waals surface area contributed by atoms with Crippen LogP contribution in [0.1, 0.15) is 77.8 Å². The molecule has 4 rings (SSSR count). The summed E-state index contributed by atoms with van der Waals surface area (Å²) < 4.78 is 32.7. The number of carbonyl (C=O) groups is 5. The van der Waals surface area contributed by atoms with Crippen molar-refractivity contribution in [2.75, 3.05) is 92.8 Å². The van der Waals surface area contributed by atoms with Crippen molar-refractivity contribution >= 4 is 35.2 Å². The minimum absolute atomic E-state index is 0.0456. The van der Waals surface area contributed by atoms with Gasteiger partial charge in [-0.15, -0.1) is 0 Å². The Morgan fingerprint density at radius 2 is 1.19 bits per heavy atom. The van der Waals surface area contributed by atoms with Gasteiger partial charge in [0, 0.05) is 26.6 Å². The second kappa shape index (κ2) is 31.4. The molecule has 5 atom stereocenters. The van der Waals surface area contributed by atoms with E-state index in [0.29, 0.717) is 110 Å². The van der Waals surface area contributed by atoms with Crippen LogP contribution in [0.4, 0.5) is 0 Å². The van der Waals surface area contributed by atoms with Crippen LogP contribution < -0.4 is 26.7 Å². The van der Waals surface area contributed by atoms with E-state index in [-0.39, 0.29) is 49.6 Å². The standard InChI is InChI=1S/C51H79N7O11/c1-37(2)17-19-42(53-48(61)41(20-18-39-13-9-7-10-14-39)52-46(60)35-58-22-25-66-26-23-58)49(62)55-44(34-40-15-11-8-12-16-40)50(63)54-43(33-38(3)4)47(51(5)36-69-51)57-56-45(59)21-24-65-29-30-68-32-31-67-28-27-64-6/h7-16,37-38,41-44H,17-36H2,1-6H3,(H,52,60)(H,53,61)(H,54,63)(H,55,62)(H,56,59)/b57-47-/t41-,42-,43-,44-,51+/m0/s1. The number of methoxy groups -OCH3 is 1. The number of aryl methyl sites for hydroxylation is 1. The van der Waals surface area contributed by atoms with Crippen LogP contribution in [-0.4, -0.2) is 163 Å². The third-order valence-corrected chi connectivity index (χ3v) is 11.7. The van der Waals surface area contributed by atoms with Gasteiger partial charge in [0.1, 0.15) is 23.7 Å². The topological polar surface area (TPSA) is 220 Å². The number of epoxide rings is 1. The molecule has 2 aliphatic heterocycles. The number of hydrogen-bond acceptors (Lipinski definition) is 13. The molecule has 5 amide bonds. The van der Waals surface area contributed by atoms with Crippen molar-refractivity contribution in [1.82, 2.24) is 31.6 Å². The maximum Gasteiger partial charge on any atom is 0.243 e. The molecule has 2 fully saturated rings. The van der Waals surface area contributed by atoms with Gasteiger partial charge >= 0.3 is 0 Å². The SMILES string of the molecule is COCCOCCOCCOCCC(=O)N/N=C(/[C@H](CC(C)C)NC(=O)[C@H](Cc1ccccc1)NC(=O)[C@H](CCC(C)C)NC(=O)[C@H](CCc1ccccc1)NC(=O)CN1CCOCC1)[C@@]1(C)CO1. The quantitative estimate of drug-likeness (QED) is 0.0296. The van der Waals surface area contributed by atoms with E-state index in [0.717, 1.165) is 11.1 Å². The summed E-state index contributed by atoms with van der Waals surface area (Å²) in [5.41, 5.74) is 4.08. The third kappa shape index (κ3) is 22.6. The van der Waals surface area contributed by atoms with Crippen molar-refractivity contribution in [3.8, 4) is 0 Å². The van der Waals surface area contributed by atoms with Crippen molar-refractivity contribution in [3.63, 3.8) is 0 Å². The fraction of sp³-hybridized carbons (Fsp3) is 0.647. The molecule has 2 heterocycles. The molecular formula is C51H79N7O11. The number of hydrazone groups is 1. The van der Waals surface area contributed by atoms with E-state index in [9.17, 15) is 24.0 Å². The molecule has 5 N–H and O–H groups in total. The Bertz CT molecular complexity index is 1860. The highest BCUT2D eigenvalue weighted by molar-refractivity contribution is 6.02. The second-order valence-electron chi connectivity index (χ2n) is 18.6. The Balaban J connectivity index is 1.47. The summed E-state index contributed by atoms with van der Waals surface area (Å²) in [5, 5.41) is 16.6. The molecule has 0 radical (unpaired) electrons. The molecule has 0 spiro atoms. The summed E-state index contributed by atoms with van der Waals surface area (Å²) in [7, 11) is 1.61. The molecule has 0 aliphatic carbocycles. The van der Waals surface area contributed by atoms with Gasteiger partial charge in [-0.2, -0.15) is 5.10 Å². The largest absolute Gasteiger partial charge is 0.382 e. The van der Waals surface area contributed by atoms with E-state index >= 15 is 0 Å². The number of morpholine rings is 1. The van der Waals surface area contributed by atoms with Crippen molar-refractivity contribution in [2.45, 2.75) is 109 Å². The molecule has 18 heteroatoms. The smallest absolute Gasteiger partial charge is 0.243 e. The molecule has 0 unspecified atom stereocenters. The predicted octanol–water partition coefficient (Wildman–Crippen LogP) is 2.96. The van der Waals surface area contributed by atoms with Crippen molar-refractivity contribution in [1.29, 1.82) is 0 Å². The van der Waals surface area contributed by atoms with Crippen LogP contribution in [0.2, 0.25) is 0 Å². The molecule has 69 heavy (non-hydrogen) atoms. The van der Waals surface area contributed by atoms with E-state index in [2.05, 4.69) is 31.8 Å². The lowest BCUT2D eigenvalue weighted by Gasteiger charge is -2.29. The number of carbonyl (C=O) groups excluding carboxylic acids is 5. The number of hydrogen-bond donors (Lipinski definition) is 5. The molecule has 2 aliphatic rings. The average molecular weight is 966 g/mol. The molecular weight excluding hydrogens is 887 g/mol. The maximum absolute atomic E-state index is 14.6. The molecule has 2 aromatic carbocycles. The zero-order valence-electron chi connectivity index (χ0n) is 41.8.